The van der Waals surface area contributed by atoms with E-state index in [-0.39, 0.29) is 5.41 Å². The van der Waals surface area contributed by atoms with E-state index in [0.717, 1.165) is 34.6 Å². The molecule has 28 heavy (non-hydrogen) atoms. The lowest BCUT2D eigenvalue weighted by molar-refractivity contribution is 0.410. The summed E-state index contributed by atoms with van der Waals surface area (Å²) in [6.45, 7) is 11.1. The highest BCUT2D eigenvalue weighted by atomic mass is 16.5. The zero-order valence-electron chi connectivity index (χ0n) is 17.2. The van der Waals surface area contributed by atoms with E-state index in [0.29, 0.717) is 0 Å². The van der Waals surface area contributed by atoms with Gasteiger partial charge in [-0.3, -0.25) is 4.98 Å². The molecule has 5 rings (SSSR count). The van der Waals surface area contributed by atoms with Gasteiger partial charge in [0, 0.05) is 17.1 Å². The Hall–Kier alpha value is -2.87. The van der Waals surface area contributed by atoms with Crippen molar-refractivity contribution in [3.8, 4) is 22.8 Å². The first-order valence-corrected chi connectivity index (χ1v) is 9.94. The van der Waals surface area contributed by atoms with Crippen molar-refractivity contribution in [2.75, 3.05) is 0 Å². The van der Waals surface area contributed by atoms with Crippen LogP contribution in [-0.2, 0) is 6.42 Å². The number of hydrogen-bond acceptors (Lipinski definition) is 2. The highest BCUT2D eigenvalue weighted by Gasteiger charge is 2.24. The molecule has 0 spiro atoms. The number of rotatable bonds is 1. The molecule has 0 amide bonds. The maximum absolute atomic E-state index is 6.59. The first kappa shape index (κ1) is 17.2. The summed E-state index contributed by atoms with van der Waals surface area (Å²) in [7, 11) is 0. The Balaban J connectivity index is 1.81. The molecular weight excluding hydrogens is 342 g/mol. The average Bonchev–Trinajstić information content (AvgIpc) is 2.60. The van der Waals surface area contributed by atoms with Crippen LogP contribution >= 0.6 is 0 Å². The molecule has 1 aromatic heterocycles. The predicted molar refractivity (Wildman–Crippen MR) is 117 cm³/mol. The molecule has 3 aromatic carbocycles. The molecule has 0 aliphatic carbocycles. The molecule has 4 aromatic rings. The van der Waals surface area contributed by atoms with Crippen molar-refractivity contribution in [1.82, 2.24) is 4.98 Å². The van der Waals surface area contributed by atoms with Crippen LogP contribution in [0.2, 0.25) is 0 Å². The Bertz CT molecular complexity index is 1260. The van der Waals surface area contributed by atoms with Crippen molar-refractivity contribution < 1.29 is 4.74 Å². The molecule has 0 N–H and O–H groups in total. The van der Waals surface area contributed by atoms with Gasteiger partial charge in [0.1, 0.15) is 11.5 Å². The highest BCUT2D eigenvalue weighted by molar-refractivity contribution is 6.07. The molecule has 0 unspecified atom stereocenters. The molecule has 0 fully saturated rings. The average molecular weight is 367 g/mol. The minimum absolute atomic E-state index is 0.226. The lowest BCUT2D eigenvalue weighted by atomic mass is 9.86. The monoisotopic (exact) mass is 367 g/mol. The van der Waals surface area contributed by atoms with E-state index in [9.17, 15) is 0 Å². The van der Waals surface area contributed by atoms with Crippen LogP contribution in [0.5, 0.6) is 11.5 Å². The summed E-state index contributed by atoms with van der Waals surface area (Å²) in [5.41, 5.74) is 6.17. The smallest absolute Gasteiger partial charge is 0.144 e. The van der Waals surface area contributed by atoms with E-state index < -0.39 is 0 Å². The quantitative estimate of drug-likeness (QED) is 0.309. The molecule has 2 heterocycles. The van der Waals surface area contributed by atoms with Gasteiger partial charge < -0.3 is 4.74 Å². The summed E-state index contributed by atoms with van der Waals surface area (Å²) in [5, 5.41) is 4.73. The van der Waals surface area contributed by atoms with Gasteiger partial charge in [0.2, 0.25) is 0 Å². The lowest BCUT2D eigenvalue weighted by Gasteiger charge is -2.24. The fourth-order valence-electron chi connectivity index (χ4n) is 4.52. The van der Waals surface area contributed by atoms with E-state index in [1.807, 2.05) is 6.20 Å². The molecule has 0 saturated heterocycles. The lowest BCUT2D eigenvalue weighted by Crippen LogP contribution is -2.09. The summed E-state index contributed by atoms with van der Waals surface area (Å²) < 4.78 is 6.59. The number of aromatic nitrogens is 1. The third-order valence-electron chi connectivity index (χ3n) is 5.53. The number of hydrogen-bond donors (Lipinski definition) is 0. The molecule has 2 nitrogen and oxygen atoms in total. The third kappa shape index (κ3) is 2.67. The Kier molecular flexibility index (Phi) is 3.58. The largest absolute Gasteiger partial charge is 0.455 e. The van der Waals surface area contributed by atoms with Gasteiger partial charge >= 0.3 is 0 Å². The van der Waals surface area contributed by atoms with E-state index >= 15 is 0 Å². The maximum atomic E-state index is 6.59. The van der Waals surface area contributed by atoms with Gasteiger partial charge in [0.25, 0.3) is 0 Å². The van der Waals surface area contributed by atoms with Crippen molar-refractivity contribution in [1.29, 1.82) is 0 Å². The topological polar surface area (TPSA) is 22.1 Å². The summed E-state index contributed by atoms with van der Waals surface area (Å²) in [6.07, 6.45) is 2.93. The predicted octanol–water partition coefficient (Wildman–Crippen LogP) is 7.37. The van der Waals surface area contributed by atoms with E-state index in [1.165, 1.54) is 32.8 Å². The Labute approximate surface area is 166 Å². The number of benzene rings is 3. The molecule has 0 saturated carbocycles. The summed E-state index contributed by atoms with van der Waals surface area (Å²) in [5.74, 6) is 1.86. The zero-order valence-corrected chi connectivity index (χ0v) is 17.2. The summed E-state index contributed by atoms with van der Waals surface area (Å²) in [6, 6.07) is 15.4. The molecule has 140 valence electrons. The Morgan fingerprint density at radius 1 is 0.929 bits per heavy atom. The van der Waals surface area contributed by atoms with Crippen LogP contribution in [0.15, 0.2) is 48.7 Å². The first-order valence-electron chi connectivity index (χ1n) is 9.94. The number of ether oxygens (including phenoxy) is 1. The van der Waals surface area contributed by atoms with Crippen LogP contribution in [0.1, 0.15) is 37.5 Å². The van der Waals surface area contributed by atoms with Gasteiger partial charge in [-0.25, -0.2) is 0 Å². The fraction of sp³-hybridized carbons (Fsp3) is 0.269. The molecule has 0 bridgehead atoms. The molecular formula is C26H25NO. The van der Waals surface area contributed by atoms with Crippen LogP contribution in [-0.4, -0.2) is 4.98 Å². The normalized spacial score (nSPS) is 12.9. The second-order valence-corrected chi connectivity index (χ2v) is 9.31. The highest BCUT2D eigenvalue weighted by Crippen LogP contribution is 2.49. The van der Waals surface area contributed by atoms with Crippen molar-refractivity contribution in [3.05, 3.63) is 65.4 Å². The first-order chi connectivity index (χ1) is 13.3. The zero-order chi connectivity index (χ0) is 19.6. The van der Waals surface area contributed by atoms with Crippen LogP contribution in [0.25, 0.3) is 32.8 Å². The second-order valence-electron chi connectivity index (χ2n) is 9.31. The van der Waals surface area contributed by atoms with Gasteiger partial charge in [0.05, 0.1) is 11.1 Å². The van der Waals surface area contributed by atoms with Crippen LogP contribution < -0.4 is 4.74 Å². The molecule has 2 heteroatoms. The minimum atomic E-state index is 0.226. The Morgan fingerprint density at radius 3 is 2.54 bits per heavy atom. The standard InChI is InChI=1S/C26H25NO/c1-15-10-16(2)19-6-7-20-24-23-18(8-9-27-24)12-17(14-26(3,4)5)13-22(23)28-25(20)21(19)11-15/h6-13H,14H2,1-5H3. The van der Waals surface area contributed by atoms with Crippen molar-refractivity contribution >= 4 is 21.5 Å². The van der Waals surface area contributed by atoms with Crippen LogP contribution in [0.3, 0.4) is 0 Å². The fourth-order valence-corrected chi connectivity index (χ4v) is 4.52. The third-order valence-corrected chi connectivity index (χ3v) is 5.53. The number of pyridine rings is 1. The van der Waals surface area contributed by atoms with Crippen molar-refractivity contribution in [3.63, 3.8) is 0 Å². The van der Waals surface area contributed by atoms with Gasteiger partial charge in [-0.1, -0.05) is 44.5 Å². The summed E-state index contributed by atoms with van der Waals surface area (Å²) in [4.78, 5) is 4.75. The number of nitrogens with zero attached hydrogens (tertiary/aromatic N) is 1. The van der Waals surface area contributed by atoms with Gasteiger partial charge in [0.15, 0.2) is 0 Å². The van der Waals surface area contributed by atoms with E-state index in [2.05, 4.69) is 77.1 Å². The molecule has 1 aliphatic rings. The van der Waals surface area contributed by atoms with E-state index in [4.69, 9.17) is 9.72 Å². The summed E-state index contributed by atoms with van der Waals surface area (Å²) >= 11 is 0. The van der Waals surface area contributed by atoms with Gasteiger partial charge in [-0.15, -0.1) is 0 Å². The minimum Gasteiger partial charge on any atom is -0.455 e. The second kappa shape index (κ2) is 5.81. The molecule has 0 atom stereocenters. The number of aryl methyl sites for hydroxylation is 2. The maximum Gasteiger partial charge on any atom is 0.144 e. The molecule has 1 aliphatic heterocycles. The van der Waals surface area contributed by atoms with Crippen LogP contribution in [0.4, 0.5) is 0 Å². The van der Waals surface area contributed by atoms with Gasteiger partial charge in [-0.05, 0) is 71.8 Å². The number of fused-ring (bicyclic) bond motifs is 4. The van der Waals surface area contributed by atoms with Gasteiger partial charge in [-0.2, -0.15) is 0 Å². The molecule has 0 radical (unpaired) electrons. The van der Waals surface area contributed by atoms with Crippen molar-refractivity contribution in [2.45, 2.75) is 41.0 Å². The van der Waals surface area contributed by atoms with Crippen LogP contribution in [0, 0.1) is 19.3 Å². The Morgan fingerprint density at radius 2 is 1.75 bits per heavy atom. The van der Waals surface area contributed by atoms with Crippen molar-refractivity contribution in [2.24, 2.45) is 5.41 Å². The van der Waals surface area contributed by atoms with E-state index in [1.54, 1.807) is 0 Å². The SMILES string of the molecule is Cc1cc(C)c2ccc3c(c2c1)Oc1cc(CC(C)(C)C)cc2ccnc-3c12.